The summed E-state index contributed by atoms with van der Waals surface area (Å²) in [7, 11) is 0. The third-order valence-electron chi connectivity index (χ3n) is 4.71. The van der Waals surface area contributed by atoms with Gasteiger partial charge in [-0.15, -0.1) is 23.2 Å². The molecule has 0 bridgehead atoms. The zero-order valence-corrected chi connectivity index (χ0v) is 13.4. The molecule has 0 heterocycles. The van der Waals surface area contributed by atoms with Crippen LogP contribution >= 0.6 is 23.2 Å². The molecule has 0 aromatic rings. The maximum atomic E-state index is 10.8. The molecule has 2 aliphatic carbocycles. The minimum Gasteiger partial charge on any atom is -0.264 e. The number of nitrogens with zero attached hydrogens (tertiary/aromatic N) is 2. The van der Waals surface area contributed by atoms with Crippen molar-refractivity contribution in [1.29, 1.82) is 5.26 Å². The summed E-state index contributed by atoms with van der Waals surface area (Å²) in [5.74, 6) is 0.485. The Morgan fingerprint density at radius 3 is 2.33 bits per heavy atom. The topological polar surface area (TPSA) is 66.9 Å². The van der Waals surface area contributed by atoms with Crippen LogP contribution in [0.25, 0.3) is 0 Å². The van der Waals surface area contributed by atoms with E-state index in [2.05, 4.69) is 12.1 Å². The van der Waals surface area contributed by atoms with Crippen molar-refractivity contribution >= 4 is 23.2 Å². The van der Waals surface area contributed by atoms with E-state index in [4.69, 9.17) is 23.2 Å². The summed E-state index contributed by atoms with van der Waals surface area (Å²) < 4.78 is 0. The molecule has 4 nitrogen and oxygen atoms in total. The van der Waals surface area contributed by atoms with Crippen LogP contribution in [0.4, 0.5) is 0 Å². The van der Waals surface area contributed by atoms with Crippen molar-refractivity contribution in [3.63, 3.8) is 0 Å². The summed E-state index contributed by atoms with van der Waals surface area (Å²) in [6, 6.07) is 1.87. The third-order valence-corrected chi connectivity index (χ3v) is 5.85. The summed E-state index contributed by atoms with van der Waals surface area (Å²) in [4.78, 5) is 10.6. The summed E-state index contributed by atoms with van der Waals surface area (Å²) in [6.07, 6.45) is 7.32. The molecule has 0 N–H and O–H groups in total. The lowest BCUT2D eigenvalue weighted by Gasteiger charge is -2.29. The van der Waals surface area contributed by atoms with Gasteiger partial charge in [-0.25, -0.2) is 0 Å². The summed E-state index contributed by atoms with van der Waals surface area (Å²) in [6.45, 7) is 0. The second kappa shape index (κ2) is 7.47. The van der Waals surface area contributed by atoms with Crippen LogP contribution in [-0.2, 0) is 0 Å². The van der Waals surface area contributed by atoms with E-state index in [1.165, 1.54) is 0 Å². The second-order valence-corrected chi connectivity index (χ2v) is 7.25. The van der Waals surface area contributed by atoms with Gasteiger partial charge in [0.05, 0.1) is 11.4 Å². The maximum absolute atomic E-state index is 10.8. The molecule has 0 radical (unpaired) electrons. The fourth-order valence-electron chi connectivity index (χ4n) is 3.38. The molecule has 2 saturated carbocycles. The summed E-state index contributed by atoms with van der Waals surface area (Å²) >= 11 is 12.3. The van der Waals surface area contributed by atoms with Gasteiger partial charge in [0.15, 0.2) is 0 Å². The second-order valence-electron chi connectivity index (χ2n) is 6.13. The molecule has 0 aliphatic heterocycles. The highest BCUT2D eigenvalue weighted by molar-refractivity contribution is 6.30. The molecule has 6 heteroatoms. The van der Waals surface area contributed by atoms with Crippen LogP contribution in [0.1, 0.15) is 44.9 Å². The largest absolute Gasteiger partial charge is 0.264 e. The van der Waals surface area contributed by atoms with Gasteiger partial charge in [-0.1, -0.05) is 6.08 Å². The zero-order chi connectivity index (χ0) is 15.4. The van der Waals surface area contributed by atoms with Crippen molar-refractivity contribution in [1.82, 2.24) is 0 Å². The fraction of sp³-hybridized carbons (Fsp3) is 0.800. The van der Waals surface area contributed by atoms with Crippen LogP contribution in [0, 0.1) is 33.3 Å². The van der Waals surface area contributed by atoms with Crippen molar-refractivity contribution < 1.29 is 4.92 Å². The Kier molecular flexibility index (Phi) is 5.89. The number of allylic oxidation sites excluding steroid dienone is 2. The van der Waals surface area contributed by atoms with Crippen molar-refractivity contribution in [2.24, 2.45) is 11.8 Å². The van der Waals surface area contributed by atoms with E-state index in [9.17, 15) is 15.4 Å². The van der Waals surface area contributed by atoms with Gasteiger partial charge in [0.2, 0.25) is 6.04 Å². The molecule has 0 aromatic carbocycles. The van der Waals surface area contributed by atoms with Crippen molar-refractivity contribution in [3.05, 3.63) is 21.8 Å². The van der Waals surface area contributed by atoms with E-state index in [0.717, 1.165) is 37.7 Å². The lowest BCUT2D eigenvalue weighted by atomic mass is 9.79. The van der Waals surface area contributed by atoms with Gasteiger partial charge >= 0.3 is 0 Å². The average Bonchev–Trinajstić information content (AvgIpc) is 2.48. The summed E-state index contributed by atoms with van der Waals surface area (Å²) in [5, 5.41) is 20.2. The first-order valence-electron chi connectivity index (χ1n) is 7.54. The molecule has 2 fully saturated rings. The molecule has 3 atom stereocenters. The molecule has 0 saturated heterocycles. The van der Waals surface area contributed by atoms with E-state index in [0.29, 0.717) is 18.8 Å². The van der Waals surface area contributed by atoms with Gasteiger partial charge in [-0.3, -0.25) is 10.1 Å². The highest BCUT2D eigenvalue weighted by atomic mass is 35.5. The van der Waals surface area contributed by atoms with Gasteiger partial charge in [0.25, 0.3) is 0 Å². The minimum absolute atomic E-state index is 0.0254. The molecule has 0 spiro atoms. The lowest BCUT2D eigenvalue weighted by molar-refractivity contribution is -0.526. The van der Waals surface area contributed by atoms with E-state index in [1.807, 2.05) is 0 Å². The quantitative estimate of drug-likeness (QED) is 0.335. The van der Waals surface area contributed by atoms with Crippen LogP contribution in [-0.4, -0.2) is 21.7 Å². The molecular formula is C15H20Cl2N2O2. The van der Waals surface area contributed by atoms with Crippen LogP contribution < -0.4 is 0 Å². The predicted molar refractivity (Wildman–Crippen MR) is 83.1 cm³/mol. The van der Waals surface area contributed by atoms with E-state index < -0.39 is 6.04 Å². The molecule has 0 amide bonds. The zero-order valence-electron chi connectivity index (χ0n) is 11.9. The predicted octanol–water partition coefficient (Wildman–Crippen LogP) is 4.29. The van der Waals surface area contributed by atoms with Crippen molar-refractivity contribution in [3.8, 4) is 6.07 Å². The first kappa shape index (κ1) is 16.6. The third kappa shape index (κ3) is 4.34. The van der Waals surface area contributed by atoms with Gasteiger partial charge in [0.1, 0.15) is 0 Å². The normalized spacial score (nSPS) is 37.8. The number of hydrogen-bond donors (Lipinski definition) is 0. The Morgan fingerprint density at radius 2 is 1.81 bits per heavy atom. The van der Waals surface area contributed by atoms with Crippen LogP contribution in [0.2, 0.25) is 0 Å². The molecule has 21 heavy (non-hydrogen) atoms. The maximum Gasteiger partial charge on any atom is 0.213 e. The van der Waals surface area contributed by atoms with Gasteiger partial charge in [0, 0.05) is 28.7 Å². The Bertz CT molecular complexity index is 453. The van der Waals surface area contributed by atoms with Crippen molar-refractivity contribution in [2.75, 3.05) is 0 Å². The van der Waals surface area contributed by atoms with Crippen LogP contribution in [0.3, 0.4) is 0 Å². The monoisotopic (exact) mass is 330 g/mol. The van der Waals surface area contributed by atoms with Gasteiger partial charge in [-0.05, 0) is 43.9 Å². The molecule has 0 aromatic heterocycles. The highest BCUT2D eigenvalue weighted by Gasteiger charge is 2.31. The molecule has 2 rings (SSSR count). The molecule has 3 unspecified atom stereocenters. The van der Waals surface area contributed by atoms with Crippen LogP contribution in [0.15, 0.2) is 11.6 Å². The lowest BCUT2D eigenvalue weighted by Crippen LogP contribution is -2.27. The average molecular weight is 331 g/mol. The Hall–Kier alpha value is -0.790. The minimum atomic E-state index is -0.430. The number of alkyl halides is 2. The SMILES string of the molecule is N#CC(=CC1CCC(Cl)C(Cl)C1)C1CCC([N+](=O)[O-])CC1. The van der Waals surface area contributed by atoms with E-state index >= 15 is 0 Å². The van der Waals surface area contributed by atoms with Gasteiger partial charge in [-0.2, -0.15) is 5.26 Å². The number of nitriles is 1. The smallest absolute Gasteiger partial charge is 0.213 e. The van der Waals surface area contributed by atoms with E-state index in [-0.39, 0.29) is 21.6 Å². The van der Waals surface area contributed by atoms with Crippen LogP contribution in [0.5, 0.6) is 0 Å². The number of hydrogen-bond acceptors (Lipinski definition) is 3. The van der Waals surface area contributed by atoms with Gasteiger partial charge < -0.3 is 0 Å². The van der Waals surface area contributed by atoms with E-state index in [1.54, 1.807) is 0 Å². The Labute approximate surface area is 135 Å². The Balaban J connectivity index is 1.96. The molecular weight excluding hydrogens is 311 g/mol. The molecule has 116 valence electrons. The standard InChI is InChI=1S/C15H20Cl2N2O2/c16-14-6-1-10(8-15(14)17)7-12(9-18)11-2-4-13(5-3-11)19(20)21/h7,10-11,13-15H,1-6,8H2. The number of nitro groups is 1. The highest BCUT2D eigenvalue weighted by Crippen LogP contribution is 2.36. The first-order valence-corrected chi connectivity index (χ1v) is 8.42. The number of halogens is 2. The van der Waals surface area contributed by atoms with Crippen molar-refractivity contribution in [2.45, 2.75) is 61.7 Å². The first-order chi connectivity index (χ1) is 10.0. The molecule has 2 aliphatic rings. The fourth-order valence-corrected chi connectivity index (χ4v) is 3.96. The number of rotatable bonds is 3. The Morgan fingerprint density at radius 1 is 1.14 bits per heavy atom. The summed E-state index contributed by atoms with van der Waals surface area (Å²) in [5.41, 5.74) is 0.790.